The van der Waals surface area contributed by atoms with Crippen LogP contribution < -0.4 is 11.1 Å². The van der Waals surface area contributed by atoms with Crippen molar-refractivity contribution in [2.75, 3.05) is 38.2 Å². The second kappa shape index (κ2) is 9.58. The van der Waals surface area contributed by atoms with Crippen molar-refractivity contribution in [3.8, 4) is 0 Å². The lowest BCUT2D eigenvalue weighted by atomic mass is 10.3. The zero-order valence-electron chi connectivity index (χ0n) is 9.77. The minimum absolute atomic E-state index is 0. The molecule has 5 heteroatoms. The van der Waals surface area contributed by atoms with Crippen LogP contribution in [0.3, 0.4) is 0 Å². The summed E-state index contributed by atoms with van der Waals surface area (Å²) in [5, 5.41) is 3.34. The minimum atomic E-state index is 0. The van der Waals surface area contributed by atoms with Crippen LogP contribution in [-0.2, 0) is 0 Å². The predicted molar refractivity (Wildman–Crippen MR) is 77.0 cm³/mol. The lowest BCUT2D eigenvalue weighted by Crippen LogP contribution is -2.16. The standard InChI is InChI=1S/C11H19N3.2ClH/c1-14(2)9-3-8-13-11-6-4-10(12)5-7-11;;/h4-7,13H,3,8-9,12H2,1-2H3;2*1H. The molecule has 1 rings (SSSR count). The maximum Gasteiger partial charge on any atom is 0.0341 e. The Labute approximate surface area is 110 Å². The van der Waals surface area contributed by atoms with Gasteiger partial charge in [-0.05, 0) is 51.3 Å². The van der Waals surface area contributed by atoms with E-state index in [1.165, 1.54) is 0 Å². The molecule has 0 amide bonds. The van der Waals surface area contributed by atoms with Crippen molar-refractivity contribution in [3.63, 3.8) is 0 Å². The van der Waals surface area contributed by atoms with Crippen molar-refractivity contribution >= 4 is 36.2 Å². The SMILES string of the molecule is CN(C)CCCNc1ccc(N)cc1.Cl.Cl. The number of nitrogens with zero attached hydrogens (tertiary/aromatic N) is 1. The fraction of sp³-hybridized carbons (Fsp3) is 0.455. The van der Waals surface area contributed by atoms with Crippen LogP contribution in [0.1, 0.15) is 6.42 Å². The zero-order valence-corrected chi connectivity index (χ0v) is 11.4. The number of rotatable bonds is 5. The highest BCUT2D eigenvalue weighted by Gasteiger charge is 1.92. The van der Waals surface area contributed by atoms with Crippen molar-refractivity contribution < 1.29 is 0 Å². The average molecular weight is 266 g/mol. The molecule has 0 aliphatic rings. The summed E-state index contributed by atoms with van der Waals surface area (Å²) in [4.78, 5) is 2.19. The van der Waals surface area contributed by atoms with Crippen LogP contribution >= 0.6 is 24.8 Å². The second-order valence-electron chi connectivity index (χ2n) is 3.71. The molecule has 0 saturated heterocycles. The maximum atomic E-state index is 5.59. The molecule has 3 N–H and O–H groups in total. The molecule has 0 aliphatic carbocycles. The summed E-state index contributed by atoms with van der Waals surface area (Å²) in [7, 11) is 4.17. The number of nitrogen functional groups attached to an aromatic ring is 1. The van der Waals surface area contributed by atoms with E-state index in [-0.39, 0.29) is 24.8 Å². The molecule has 1 aromatic rings. The molecular weight excluding hydrogens is 245 g/mol. The summed E-state index contributed by atoms with van der Waals surface area (Å²) in [5.74, 6) is 0. The van der Waals surface area contributed by atoms with Crippen LogP contribution in [0.25, 0.3) is 0 Å². The molecule has 0 atom stereocenters. The summed E-state index contributed by atoms with van der Waals surface area (Å²) in [6.07, 6.45) is 1.15. The molecule has 0 saturated carbocycles. The van der Waals surface area contributed by atoms with Gasteiger partial charge in [-0.15, -0.1) is 24.8 Å². The molecule has 0 unspecified atom stereocenters. The van der Waals surface area contributed by atoms with E-state index in [1.807, 2.05) is 24.3 Å². The Morgan fingerprint density at radius 2 is 1.69 bits per heavy atom. The maximum absolute atomic E-state index is 5.59. The van der Waals surface area contributed by atoms with E-state index in [2.05, 4.69) is 24.3 Å². The lowest BCUT2D eigenvalue weighted by Gasteiger charge is -2.10. The highest BCUT2D eigenvalue weighted by molar-refractivity contribution is 5.85. The van der Waals surface area contributed by atoms with Crippen molar-refractivity contribution in [1.29, 1.82) is 0 Å². The Bertz CT molecular complexity index is 262. The van der Waals surface area contributed by atoms with Crippen molar-refractivity contribution in [3.05, 3.63) is 24.3 Å². The summed E-state index contributed by atoms with van der Waals surface area (Å²) in [6.45, 7) is 2.12. The molecule has 0 aliphatic heterocycles. The smallest absolute Gasteiger partial charge is 0.0341 e. The Morgan fingerprint density at radius 3 is 2.19 bits per heavy atom. The zero-order chi connectivity index (χ0) is 10.4. The van der Waals surface area contributed by atoms with Crippen LogP contribution in [-0.4, -0.2) is 32.1 Å². The molecule has 0 radical (unpaired) electrons. The van der Waals surface area contributed by atoms with Crippen molar-refractivity contribution in [2.24, 2.45) is 0 Å². The van der Waals surface area contributed by atoms with Gasteiger partial charge in [-0.1, -0.05) is 0 Å². The first-order valence-electron chi connectivity index (χ1n) is 4.92. The normalized spacial score (nSPS) is 9.19. The summed E-state index contributed by atoms with van der Waals surface area (Å²) in [5.41, 5.74) is 7.53. The first kappa shape index (κ1) is 17.7. The van der Waals surface area contributed by atoms with Gasteiger partial charge in [-0.25, -0.2) is 0 Å². The summed E-state index contributed by atoms with van der Waals surface area (Å²) >= 11 is 0. The van der Waals surface area contributed by atoms with Gasteiger partial charge in [0.1, 0.15) is 0 Å². The number of hydrogen-bond donors (Lipinski definition) is 2. The third kappa shape index (κ3) is 7.63. The van der Waals surface area contributed by atoms with E-state index < -0.39 is 0 Å². The van der Waals surface area contributed by atoms with Gasteiger partial charge in [0.15, 0.2) is 0 Å². The number of halogens is 2. The van der Waals surface area contributed by atoms with E-state index in [0.29, 0.717) is 0 Å². The van der Waals surface area contributed by atoms with Gasteiger partial charge < -0.3 is 16.0 Å². The number of nitrogens with two attached hydrogens (primary N) is 1. The van der Waals surface area contributed by atoms with E-state index in [1.54, 1.807) is 0 Å². The number of nitrogens with one attached hydrogen (secondary N) is 1. The monoisotopic (exact) mass is 265 g/mol. The molecule has 0 spiro atoms. The molecule has 16 heavy (non-hydrogen) atoms. The van der Waals surface area contributed by atoms with Gasteiger partial charge in [-0.2, -0.15) is 0 Å². The fourth-order valence-electron chi connectivity index (χ4n) is 1.23. The summed E-state index contributed by atoms with van der Waals surface area (Å²) < 4.78 is 0. The minimum Gasteiger partial charge on any atom is -0.399 e. The van der Waals surface area contributed by atoms with Gasteiger partial charge in [0.2, 0.25) is 0 Å². The van der Waals surface area contributed by atoms with E-state index in [9.17, 15) is 0 Å². The molecule has 3 nitrogen and oxygen atoms in total. The van der Waals surface area contributed by atoms with Crippen LogP contribution in [0.2, 0.25) is 0 Å². The molecule has 94 valence electrons. The first-order chi connectivity index (χ1) is 6.68. The molecule has 1 aromatic carbocycles. The largest absolute Gasteiger partial charge is 0.399 e. The topological polar surface area (TPSA) is 41.3 Å². The quantitative estimate of drug-likeness (QED) is 0.635. The van der Waals surface area contributed by atoms with E-state index in [0.717, 1.165) is 30.9 Å². The van der Waals surface area contributed by atoms with Gasteiger partial charge in [0.25, 0.3) is 0 Å². The number of hydrogen-bond acceptors (Lipinski definition) is 3. The van der Waals surface area contributed by atoms with Crippen LogP contribution in [0.15, 0.2) is 24.3 Å². The lowest BCUT2D eigenvalue weighted by molar-refractivity contribution is 0.405. The third-order valence-electron chi connectivity index (χ3n) is 2.02. The van der Waals surface area contributed by atoms with E-state index in [4.69, 9.17) is 5.73 Å². The number of benzene rings is 1. The average Bonchev–Trinajstić information content (AvgIpc) is 2.15. The fourth-order valence-corrected chi connectivity index (χ4v) is 1.23. The molecule has 0 aromatic heterocycles. The molecule has 0 heterocycles. The third-order valence-corrected chi connectivity index (χ3v) is 2.02. The van der Waals surface area contributed by atoms with Gasteiger partial charge in [0.05, 0.1) is 0 Å². The number of anilines is 2. The second-order valence-corrected chi connectivity index (χ2v) is 3.71. The molecule has 0 fully saturated rings. The Balaban J connectivity index is 0. The Hall–Kier alpha value is -0.640. The van der Waals surface area contributed by atoms with Crippen molar-refractivity contribution in [2.45, 2.75) is 6.42 Å². The van der Waals surface area contributed by atoms with Crippen LogP contribution in [0, 0.1) is 0 Å². The Kier molecular flexibility index (Phi) is 10.6. The van der Waals surface area contributed by atoms with Gasteiger partial charge in [-0.3, -0.25) is 0 Å². The summed E-state index contributed by atoms with van der Waals surface area (Å²) in [6, 6.07) is 7.83. The predicted octanol–water partition coefficient (Wildman–Crippen LogP) is 2.48. The highest BCUT2D eigenvalue weighted by atomic mass is 35.5. The molecular formula is C11H21Cl2N3. The van der Waals surface area contributed by atoms with Gasteiger partial charge in [0, 0.05) is 17.9 Å². The van der Waals surface area contributed by atoms with Crippen LogP contribution in [0.4, 0.5) is 11.4 Å². The highest BCUT2D eigenvalue weighted by Crippen LogP contribution is 2.09. The Morgan fingerprint density at radius 1 is 1.12 bits per heavy atom. The van der Waals surface area contributed by atoms with E-state index >= 15 is 0 Å². The van der Waals surface area contributed by atoms with Crippen LogP contribution in [0.5, 0.6) is 0 Å². The first-order valence-corrected chi connectivity index (χ1v) is 4.92. The molecule has 0 bridgehead atoms. The van der Waals surface area contributed by atoms with Gasteiger partial charge >= 0.3 is 0 Å². The van der Waals surface area contributed by atoms with Crippen molar-refractivity contribution in [1.82, 2.24) is 4.90 Å².